The van der Waals surface area contributed by atoms with Crippen LogP contribution in [0.15, 0.2) is 53.4 Å². The normalized spacial score (nSPS) is 12.8. The number of carboxylic acids is 1. The number of amides is 1. The number of halogens is 2. The first-order valence-corrected chi connectivity index (χ1v) is 13.3. The first-order chi connectivity index (χ1) is 15.8. The minimum Gasteiger partial charge on any atom is -0.481 e. The zero-order chi connectivity index (χ0) is 24.2. The molecule has 0 aromatic heterocycles. The van der Waals surface area contributed by atoms with Crippen molar-refractivity contribution in [1.82, 2.24) is 4.90 Å². The van der Waals surface area contributed by atoms with Crippen molar-refractivity contribution in [2.24, 2.45) is 5.92 Å². The van der Waals surface area contributed by atoms with E-state index in [0.717, 1.165) is 24.8 Å². The maximum atomic E-state index is 13.5. The van der Waals surface area contributed by atoms with Crippen LogP contribution < -0.4 is 0 Å². The van der Waals surface area contributed by atoms with Gasteiger partial charge < -0.3 is 10.0 Å². The molecule has 2 rings (SSSR count). The molecule has 1 N–H and O–H groups in total. The second-order valence-corrected chi connectivity index (χ2v) is 10.3. The van der Waals surface area contributed by atoms with Crippen molar-refractivity contribution < 1.29 is 18.9 Å². The third-order valence-electron chi connectivity index (χ3n) is 5.42. The second kappa shape index (κ2) is 14.4. The molecule has 2 aromatic carbocycles. The molecular weight excluding hydrogens is 481 g/mol. The Morgan fingerprint density at radius 1 is 1.03 bits per heavy atom. The van der Waals surface area contributed by atoms with Gasteiger partial charge in [0.05, 0.1) is 26.8 Å². The molecule has 0 bridgehead atoms. The predicted molar refractivity (Wildman–Crippen MR) is 134 cm³/mol. The van der Waals surface area contributed by atoms with E-state index in [4.69, 9.17) is 23.2 Å². The van der Waals surface area contributed by atoms with E-state index < -0.39 is 22.7 Å². The molecule has 0 spiro atoms. The predicted octanol–water partition coefficient (Wildman–Crippen LogP) is 5.84. The fourth-order valence-electron chi connectivity index (χ4n) is 3.53. The molecule has 2 aromatic rings. The number of nitrogens with zero attached hydrogens (tertiary/aromatic N) is 1. The van der Waals surface area contributed by atoms with E-state index in [1.165, 1.54) is 6.07 Å². The molecule has 1 amide bonds. The van der Waals surface area contributed by atoms with Crippen LogP contribution in [-0.4, -0.2) is 44.9 Å². The molecule has 5 nitrogen and oxygen atoms in total. The highest BCUT2D eigenvalue weighted by atomic mass is 35.5. The molecule has 0 radical (unpaired) electrons. The molecule has 33 heavy (non-hydrogen) atoms. The number of unbranched alkanes of at least 4 members (excludes halogenated alkanes) is 2. The summed E-state index contributed by atoms with van der Waals surface area (Å²) in [5.74, 6) is -1.74. The third kappa shape index (κ3) is 9.48. The van der Waals surface area contributed by atoms with E-state index >= 15 is 0 Å². The molecule has 0 aliphatic rings. The van der Waals surface area contributed by atoms with Gasteiger partial charge >= 0.3 is 5.97 Å². The Labute approximate surface area is 208 Å². The summed E-state index contributed by atoms with van der Waals surface area (Å²) in [6.07, 6.45) is 3.60. The second-order valence-electron chi connectivity index (χ2n) is 7.99. The van der Waals surface area contributed by atoms with Crippen molar-refractivity contribution in [3.63, 3.8) is 0 Å². The number of benzene rings is 2. The van der Waals surface area contributed by atoms with Gasteiger partial charge in [0.2, 0.25) is 5.91 Å². The summed E-state index contributed by atoms with van der Waals surface area (Å²) in [6.45, 7) is 3.24. The Bertz CT molecular complexity index is 939. The summed E-state index contributed by atoms with van der Waals surface area (Å²) >= 11 is 12.0. The van der Waals surface area contributed by atoms with Crippen molar-refractivity contribution in [2.45, 2.75) is 50.3 Å². The number of carboxylic acid groups (broad SMARTS) is 1. The van der Waals surface area contributed by atoms with Crippen LogP contribution in [0.1, 0.15) is 44.6 Å². The van der Waals surface area contributed by atoms with Gasteiger partial charge in [-0.2, -0.15) is 0 Å². The number of hydrogen-bond acceptors (Lipinski definition) is 3. The van der Waals surface area contributed by atoms with Gasteiger partial charge in [0.25, 0.3) is 0 Å². The topological polar surface area (TPSA) is 74.7 Å². The monoisotopic (exact) mass is 511 g/mol. The molecule has 2 atom stereocenters. The minimum absolute atomic E-state index is 0.0414. The Morgan fingerprint density at radius 2 is 1.76 bits per heavy atom. The summed E-state index contributed by atoms with van der Waals surface area (Å²) in [4.78, 5) is 27.0. The largest absolute Gasteiger partial charge is 0.481 e. The van der Waals surface area contributed by atoms with Gasteiger partial charge in [0.1, 0.15) is 0 Å². The molecular formula is C25H31Cl2NO4S. The van der Waals surface area contributed by atoms with E-state index in [1.54, 1.807) is 17.0 Å². The van der Waals surface area contributed by atoms with Crippen LogP contribution in [-0.2, 0) is 26.8 Å². The summed E-state index contributed by atoms with van der Waals surface area (Å²) in [6, 6.07) is 14.7. The Balaban J connectivity index is 2.18. The van der Waals surface area contributed by atoms with Gasteiger partial charge in [-0.1, -0.05) is 73.3 Å². The van der Waals surface area contributed by atoms with Gasteiger partial charge in [-0.25, -0.2) is 0 Å². The first kappa shape index (κ1) is 27.4. The molecule has 0 aliphatic carbocycles. The average Bonchev–Trinajstić information content (AvgIpc) is 2.80. The van der Waals surface area contributed by atoms with E-state index in [1.807, 2.05) is 30.3 Å². The smallest absolute Gasteiger partial charge is 0.303 e. The van der Waals surface area contributed by atoms with Crippen LogP contribution in [0.4, 0.5) is 0 Å². The van der Waals surface area contributed by atoms with Crippen molar-refractivity contribution in [1.29, 1.82) is 0 Å². The van der Waals surface area contributed by atoms with Crippen molar-refractivity contribution in [3.8, 4) is 0 Å². The molecule has 0 fully saturated rings. The zero-order valence-corrected chi connectivity index (χ0v) is 21.2. The fraction of sp³-hybridized carbons (Fsp3) is 0.440. The van der Waals surface area contributed by atoms with Gasteiger partial charge in [-0.05, 0) is 43.0 Å². The Morgan fingerprint density at radius 3 is 2.39 bits per heavy atom. The van der Waals surface area contributed by atoms with Crippen molar-refractivity contribution in [2.75, 3.05) is 18.8 Å². The quantitative estimate of drug-likeness (QED) is 0.323. The average molecular weight is 512 g/mol. The number of rotatable bonds is 14. The van der Waals surface area contributed by atoms with Crippen LogP contribution in [0, 0.1) is 5.92 Å². The molecule has 0 heterocycles. The Kier molecular flexibility index (Phi) is 11.9. The number of carbonyl (C=O) groups excluding carboxylic acids is 1. The zero-order valence-electron chi connectivity index (χ0n) is 18.8. The van der Waals surface area contributed by atoms with Crippen LogP contribution in [0.25, 0.3) is 0 Å². The SMILES string of the molecule is CCCCCN(CCc1ccccc1)C(=O)C(CCC(=O)O)CS(=O)c1ccc(Cl)c(Cl)c1. The highest BCUT2D eigenvalue weighted by molar-refractivity contribution is 7.85. The lowest BCUT2D eigenvalue weighted by molar-refractivity contribution is -0.138. The standard InChI is InChI=1S/C25H31Cl2NO4S/c1-2-3-7-15-28(16-14-19-8-5-4-6-9-19)25(31)20(10-13-24(29)30)18-33(32)21-11-12-22(26)23(27)17-21/h4-6,8-9,11-12,17,20H,2-3,7,10,13-16,18H2,1H3,(H,29,30). The highest BCUT2D eigenvalue weighted by Gasteiger charge is 2.27. The first-order valence-electron chi connectivity index (χ1n) is 11.2. The number of hydrogen-bond donors (Lipinski definition) is 1. The van der Waals surface area contributed by atoms with Crippen molar-refractivity contribution >= 4 is 45.9 Å². The molecule has 0 saturated carbocycles. The highest BCUT2D eigenvalue weighted by Crippen LogP contribution is 2.25. The third-order valence-corrected chi connectivity index (χ3v) is 7.64. The van der Waals surface area contributed by atoms with E-state index in [-0.39, 0.29) is 24.5 Å². The lowest BCUT2D eigenvalue weighted by Crippen LogP contribution is -2.40. The summed E-state index contributed by atoms with van der Waals surface area (Å²) in [5.41, 5.74) is 1.13. The Hall–Kier alpha value is -1.89. The van der Waals surface area contributed by atoms with Gasteiger partial charge in [-0.3, -0.25) is 13.8 Å². The van der Waals surface area contributed by atoms with Gasteiger partial charge in [0, 0.05) is 30.2 Å². The number of carbonyl (C=O) groups is 2. The van der Waals surface area contributed by atoms with E-state index in [0.29, 0.717) is 34.5 Å². The van der Waals surface area contributed by atoms with Crippen LogP contribution >= 0.6 is 23.2 Å². The van der Waals surface area contributed by atoms with Gasteiger partial charge in [-0.15, -0.1) is 0 Å². The minimum atomic E-state index is -1.51. The van der Waals surface area contributed by atoms with Crippen LogP contribution in [0.2, 0.25) is 10.0 Å². The number of aliphatic carboxylic acids is 1. The maximum absolute atomic E-state index is 13.5. The molecule has 2 unspecified atom stereocenters. The summed E-state index contributed by atoms with van der Waals surface area (Å²) in [7, 11) is -1.51. The lowest BCUT2D eigenvalue weighted by atomic mass is 10.0. The molecule has 0 aliphatic heterocycles. The maximum Gasteiger partial charge on any atom is 0.303 e. The summed E-state index contributed by atoms with van der Waals surface area (Å²) in [5, 5.41) is 9.85. The van der Waals surface area contributed by atoms with Gasteiger partial charge in [0.15, 0.2) is 0 Å². The molecule has 8 heteroatoms. The molecule has 0 saturated heterocycles. The summed E-state index contributed by atoms with van der Waals surface area (Å²) < 4.78 is 13.0. The fourth-order valence-corrected chi connectivity index (χ4v) is 5.22. The van der Waals surface area contributed by atoms with Crippen molar-refractivity contribution in [3.05, 3.63) is 64.1 Å². The lowest BCUT2D eigenvalue weighted by Gasteiger charge is -2.27. The van der Waals surface area contributed by atoms with Crippen LogP contribution in [0.3, 0.4) is 0 Å². The van der Waals surface area contributed by atoms with E-state index in [2.05, 4.69) is 6.92 Å². The van der Waals surface area contributed by atoms with E-state index in [9.17, 15) is 18.9 Å². The van der Waals surface area contributed by atoms with Crippen LogP contribution in [0.5, 0.6) is 0 Å². The molecule has 180 valence electrons.